The Bertz CT molecular complexity index is 711. The maximum Gasteiger partial charge on any atom is 0.244 e. The summed E-state index contributed by atoms with van der Waals surface area (Å²) in [6, 6.07) is 6.76. The summed E-state index contributed by atoms with van der Waals surface area (Å²) in [5.74, 6) is 0.311. The third kappa shape index (κ3) is 4.07. The molecule has 0 spiro atoms. The zero-order chi connectivity index (χ0) is 16.2. The molecule has 1 unspecified atom stereocenters. The third-order valence-electron chi connectivity index (χ3n) is 3.08. The van der Waals surface area contributed by atoms with E-state index in [2.05, 4.69) is 4.72 Å². The van der Waals surface area contributed by atoms with Crippen molar-refractivity contribution in [1.82, 2.24) is 4.72 Å². The molecule has 0 amide bonds. The second-order valence-electron chi connectivity index (χ2n) is 4.81. The van der Waals surface area contributed by atoms with Gasteiger partial charge in [0.25, 0.3) is 0 Å². The van der Waals surface area contributed by atoms with Crippen LogP contribution in [0.15, 0.2) is 39.9 Å². The van der Waals surface area contributed by atoms with Gasteiger partial charge in [-0.05, 0) is 53.9 Å². The molecule has 1 aromatic carbocycles. The number of aryl methyl sites for hydroxylation is 1. The quantitative estimate of drug-likeness (QED) is 0.811. The number of nitrogens with one attached hydrogen (secondary N) is 1. The summed E-state index contributed by atoms with van der Waals surface area (Å²) in [5.41, 5.74) is 1.52. The van der Waals surface area contributed by atoms with Gasteiger partial charge in [0.05, 0.1) is 12.7 Å². The number of sulfonamides is 1. The minimum atomic E-state index is -3.75. The number of hydrogen-bond donors (Lipinski definition) is 2. The van der Waals surface area contributed by atoms with Crippen molar-refractivity contribution in [2.24, 2.45) is 0 Å². The number of benzene rings is 1. The predicted molar refractivity (Wildman–Crippen MR) is 86.8 cm³/mol. The van der Waals surface area contributed by atoms with E-state index >= 15 is 0 Å². The minimum Gasteiger partial charge on any atom is -0.492 e. The van der Waals surface area contributed by atoms with E-state index in [4.69, 9.17) is 4.74 Å². The van der Waals surface area contributed by atoms with Crippen LogP contribution in [0, 0.1) is 6.92 Å². The Labute approximate surface area is 134 Å². The number of thiophene rings is 1. The molecule has 1 heterocycles. The van der Waals surface area contributed by atoms with Crippen LogP contribution in [0.2, 0.25) is 0 Å². The van der Waals surface area contributed by atoms with Gasteiger partial charge in [0.1, 0.15) is 10.6 Å². The first kappa shape index (κ1) is 17.0. The van der Waals surface area contributed by atoms with Crippen molar-refractivity contribution in [2.45, 2.75) is 24.8 Å². The van der Waals surface area contributed by atoms with E-state index in [0.717, 1.165) is 5.56 Å². The lowest BCUT2D eigenvalue weighted by atomic mass is 10.2. The number of aliphatic hydroxyl groups is 1. The van der Waals surface area contributed by atoms with Crippen LogP contribution in [-0.2, 0) is 10.0 Å². The SMILES string of the molecule is CCOc1ccc(C)cc1S(=O)(=O)NCC(O)c1ccsc1. The molecule has 0 radical (unpaired) electrons. The van der Waals surface area contributed by atoms with E-state index < -0.39 is 16.1 Å². The van der Waals surface area contributed by atoms with Gasteiger partial charge >= 0.3 is 0 Å². The summed E-state index contributed by atoms with van der Waals surface area (Å²) in [7, 11) is -3.75. The van der Waals surface area contributed by atoms with Crippen LogP contribution in [0.1, 0.15) is 24.2 Å². The van der Waals surface area contributed by atoms with Gasteiger partial charge in [-0.15, -0.1) is 0 Å². The van der Waals surface area contributed by atoms with Crippen molar-refractivity contribution in [1.29, 1.82) is 0 Å². The predicted octanol–water partition coefficient (Wildman–Crippen LogP) is 2.47. The highest BCUT2D eigenvalue weighted by atomic mass is 32.2. The molecule has 22 heavy (non-hydrogen) atoms. The standard InChI is InChI=1S/C15H19NO4S2/c1-3-20-14-5-4-11(2)8-15(14)22(18,19)16-9-13(17)12-6-7-21-10-12/h4-8,10,13,16-17H,3,9H2,1-2H3. The smallest absolute Gasteiger partial charge is 0.244 e. The normalized spacial score (nSPS) is 13.0. The van der Waals surface area contributed by atoms with Crippen LogP contribution in [0.4, 0.5) is 0 Å². The Hall–Kier alpha value is -1.41. The molecule has 0 bridgehead atoms. The van der Waals surface area contributed by atoms with Crippen molar-refractivity contribution in [3.8, 4) is 5.75 Å². The van der Waals surface area contributed by atoms with Crippen molar-refractivity contribution in [3.05, 3.63) is 46.2 Å². The Morgan fingerprint density at radius 2 is 2.14 bits per heavy atom. The molecule has 0 fully saturated rings. The molecule has 1 aromatic heterocycles. The zero-order valence-corrected chi connectivity index (χ0v) is 14.1. The molecule has 2 aromatic rings. The monoisotopic (exact) mass is 341 g/mol. The zero-order valence-electron chi connectivity index (χ0n) is 12.4. The molecule has 0 aliphatic heterocycles. The molecule has 5 nitrogen and oxygen atoms in total. The topological polar surface area (TPSA) is 75.6 Å². The molecule has 2 rings (SSSR count). The fraction of sp³-hybridized carbons (Fsp3) is 0.333. The van der Waals surface area contributed by atoms with E-state index in [-0.39, 0.29) is 11.4 Å². The van der Waals surface area contributed by atoms with Gasteiger partial charge < -0.3 is 9.84 Å². The molecule has 0 saturated carbocycles. The second-order valence-corrected chi connectivity index (χ2v) is 7.32. The highest BCUT2D eigenvalue weighted by molar-refractivity contribution is 7.89. The number of aliphatic hydroxyl groups excluding tert-OH is 1. The van der Waals surface area contributed by atoms with E-state index in [1.807, 2.05) is 12.3 Å². The van der Waals surface area contributed by atoms with Crippen LogP contribution in [0.3, 0.4) is 0 Å². The first-order valence-electron chi connectivity index (χ1n) is 6.87. The van der Waals surface area contributed by atoms with E-state index in [1.54, 1.807) is 36.6 Å². The summed E-state index contributed by atoms with van der Waals surface area (Å²) in [6.07, 6.45) is -0.874. The van der Waals surface area contributed by atoms with Gasteiger partial charge in [-0.1, -0.05) is 6.07 Å². The third-order valence-corrected chi connectivity index (χ3v) is 5.23. The van der Waals surface area contributed by atoms with Gasteiger partial charge in [0.15, 0.2) is 0 Å². The van der Waals surface area contributed by atoms with Gasteiger partial charge in [0, 0.05) is 6.54 Å². The van der Waals surface area contributed by atoms with Crippen molar-refractivity contribution >= 4 is 21.4 Å². The van der Waals surface area contributed by atoms with Gasteiger partial charge in [0.2, 0.25) is 10.0 Å². The molecule has 1 atom stereocenters. The van der Waals surface area contributed by atoms with Crippen LogP contribution in [0.5, 0.6) is 5.75 Å². The Morgan fingerprint density at radius 1 is 1.36 bits per heavy atom. The van der Waals surface area contributed by atoms with Gasteiger partial charge in [-0.25, -0.2) is 13.1 Å². The lowest BCUT2D eigenvalue weighted by molar-refractivity contribution is 0.182. The number of ether oxygens (including phenoxy) is 1. The fourth-order valence-electron chi connectivity index (χ4n) is 1.95. The first-order valence-corrected chi connectivity index (χ1v) is 9.30. The van der Waals surface area contributed by atoms with Crippen LogP contribution in [0.25, 0.3) is 0 Å². The molecule has 120 valence electrons. The van der Waals surface area contributed by atoms with E-state index in [1.165, 1.54) is 11.3 Å². The Morgan fingerprint density at radius 3 is 2.77 bits per heavy atom. The summed E-state index contributed by atoms with van der Waals surface area (Å²) in [4.78, 5) is 0.0897. The summed E-state index contributed by atoms with van der Waals surface area (Å²) >= 11 is 1.45. The van der Waals surface area contributed by atoms with Crippen LogP contribution < -0.4 is 9.46 Å². The Balaban J connectivity index is 2.18. The summed E-state index contributed by atoms with van der Waals surface area (Å²) < 4.78 is 32.7. The second kappa shape index (κ2) is 7.23. The first-order chi connectivity index (χ1) is 10.4. The summed E-state index contributed by atoms with van der Waals surface area (Å²) in [6.45, 7) is 3.90. The molecule has 0 aliphatic rings. The molecular weight excluding hydrogens is 322 g/mol. The maximum atomic E-state index is 12.5. The molecule has 2 N–H and O–H groups in total. The molecule has 0 aliphatic carbocycles. The maximum absolute atomic E-state index is 12.5. The molecule has 0 saturated heterocycles. The van der Waals surface area contributed by atoms with Gasteiger partial charge in [-0.3, -0.25) is 0 Å². The average Bonchev–Trinajstić information content (AvgIpc) is 3.01. The average molecular weight is 341 g/mol. The van der Waals surface area contributed by atoms with E-state index in [0.29, 0.717) is 17.9 Å². The van der Waals surface area contributed by atoms with Crippen LogP contribution in [-0.4, -0.2) is 26.7 Å². The van der Waals surface area contributed by atoms with Crippen molar-refractivity contribution in [3.63, 3.8) is 0 Å². The van der Waals surface area contributed by atoms with Gasteiger partial charge in [-0.2, -0.15) is 11.3 Å². The largest absolute Gasteiger partial charge is 0.492 e. The van der Waals surface area contributed by atoms with E-state index in [9.17, 15) is 13.5 Å². The summed E-state index contributed by atoms with van der Waals surface area (Å²) in [5, 5.41) is 13.6. The number of hydrogen-bond acceptors (Lipinski definition) is 5. The lowest BCUT2D eigenvalue weighted by Crippen LogP contribution is -2.29. The highest BCUT2D eigenvalue weighted by Crippen LogP contribution is 2.25. The minimum absolute atomic E-state index is 0.0847. The lowest BCUT2D eigenvalue weighted by Gasteiger charge is -2.14. The number of rotatable bonds is 7. The molecule has 7 heteroatoms. The van der Waals surface area contributed by atoms with Crippen molar-refractivity contribution < 1.29 is 18.3 Å². The fourth-order valence-corrected chi connectivity index (χ4v) is 3.92. The highest BCUT2D eigenvalue weighted by Gasteiger charge is 2.21. The molecular formula is C15H19NO4S2. The van der Waals surface area contributed by atoms with Crippen LogP contribution >= 0.6 is 11.3 Å². The Kier molecular flexibility index (Phi) is 5.57. The van der Waals surface area contributed by atoms with Crippen molar-refractivity contribution in [2.75, 3.05) is 13.2 Å².